The summed E-state index contributed by atoms with van der Waals surface area (Å²) in [5, 5.41) is 9.89. The summed E-state index contributed by atoms with van der Waals surface area (Å²) in [4.78, 5) is 24.7. The quantitative estimate of drug-likeness (QED) is 0.331. The molecule has 3 unspecified atom stereocenters. The van der Waals surface area contributed by atoms with Crippen LogP contribution in [0.2, 0.25) is 0 Å². The van der Waals surface area contributed by atoms with Gasteiger partial charge in [0.25, 0.3) is 0 Å². The highest BCUT2D eigenvalue weighted by Crippen LogP contribution is 2.40. The molecular weight excluding hydrogens is 439 g/mol. The smallest absolute Gasteiger partial charge is 0.417 e. The molecule has 10 heteroatoms. The molecule has 0 aromatic heterocycles. The molecule has 1 aliphatic carbocycles. The van der Waals surface area contributed by atoms with Gasteiger partial charge in [0, 0.05) is 6.42 Å². The van der Waals surface area contributed by atoms with Crippen LogP contribution in [0.3, 0.4) is 0 Å². The molecule has 1 rings (SSSR count). The van der Waals surface area contributed by atoms with Gasteiger partial charge in [-0.15, -0.1) is 0 Å². The van der Waals surface area contributed by atoms with Crippen molar-refractivity contribution in [2.45, 2.75) is 116 Å². The first-order valence-corrected chi connectivity index (χ1v) is 11.1. The molecule has 0 amide bonds. The Morgan fingerprint density at radius 1 is 0.938 bits per heavy atom. The molecule has 0 radical (unpaired) electrons. The van der Waals surface area contributed by atoms with Crippen LogP contribution in [0, 0.1) is 11.3 Å². The van der Waals surface area contributed by atoms with E-state index in [4.69, 9.17) is 9.47 Å². The highest BCUT2D eigenvalue weighted by molar-refractivity contribution is 5.80. The van der Waals surface area contributed by atoms with Crippen LogP contribution >= 0.6 is 0 Å². The summed E-state index contributed by atoms with van der Waals surface area (Å²) in [6.45, 7) is 6.52. The zero-order valence-corrected chi connectivity index (χ0v) is 19.4. The molecule has 1 aliphatic rings. The predicted octanol–water partition coefficient (Wildman–Crippen LogP) is 5.58. The summed E-state index contributed by atoms with van der Waals surface area (Å²) in [6.07, 6.45) is -6.89. The molecular formula is C22H35F5O5. The monoisotopic (exact) mass is 474 g/mol. The average Bonchev–Trinajstić information content (AvgIpc) is 2.70. The topological polar surface area (TPSA) is 72.8 Å². The fraction of sp³-hybridized carbons (Fsp3) is 0.909. The summed E-state index contributed by atoms with van der Waals surface area (Å²) < 4.78 is 79.2. The third-order valence-corrected chi connectivity index (χ3v) is 6.38. The number of hydrogen-bond donors (Lipinski definition) is 1. The summed E-state index contributed by atoms with van der Waals surface area (Å²) in [5.74, 6) is -7.81. The van der Waals surface area contributed by atoms with Crippen molar-refractivity contribution >= 4 is 11.9 Å². The number of carbonyl (C=O) groups is 2. The van der Waals surface area contributed by atoms with Crippen molar-refractivity contribution in [2.75, 3.05) is 0 Å². The van der Waals surface area contributed by atoms with Crippen molar-refractivity contribution in [3.05, 3.63) is 0 Å². The van der Waals surface area contributed by atoms with Crippen molar-refractivity contribution in [1.29, 1.82) is 0 Å². The molecule has 188 valence electrons. The zero-order valence-electron chi connectivity index (χ0n) is 19.4. The third-order valence-electron chi connectivity index (χ3n) is 6.38. The molecule has 1 N–H and O–H groups in total. The standard InChI is InChI=1S/C22H35F5O5/c1-6-16(32-17(28)19(3,4)7-2)21(23,24)18(29)31-15(14-11-9-8-10-12-14)13-20(5,30)22(25,26)27/h14-16,30H,6-13H2,1-5H3. The molecule has 0 aliphatic heterocycles. The van der Waals surface area contributed by atoms with Gasteiger partial charge in [0.15, 0.2) is 11.7 Å². The number of ether oxygens (including phenoxy) is 2. The molecule has 0 heterocycles. The lowest BCUT2D eigenvalue weighted by Crippen LogP contribution is -2.51. The number of carbonyl (C=O) groups excluding carboxylic acids is 2. The van der Waals surface area contributed by atoms with E-state index in [1.807, 2.05) is 0 Å². The molecule has 0 saturated heterocycles. The van der Waals surface area contributed by atoms with E-state index in [1.165, 1.54) is 20.8 Å². The second-order valence-corrected chi connectivity index (χ2v) is 9.48. The van der Waals surface area contributed by atoms with Gasteiger partial charge in [0.2, 0.25) is 0 Å². The van der Waals surface area contributed by atoms with Crippen LogP contribution < -0.4 is 0 Å². The van der Waals surface area contributed by atoms with Gasteiger partial charge in [0.05, 0.1) is 5.41 Å². The van der Waals surface area contributed by atoms with Gasteiger partial charge in [0.1, 0.15) is 6.10 Å². The predicted molar refractivity (Wildman–Crippen MR) is 107 cm³/mol. The highest BCUT2D eigenvalue weighted by atomic mass is 19.4. The summed E-state index contributed by atoms with van der Waals surface area (Å²) in [6, 6.07) is 0. The van der Waals surface area contributed by atoms with E-state index in [0.717, 1.165) is 6.42 Å². The van der Waals surface area contributed by atoms with Gasteiger partial charge in [-0.2, -0.15) is 22.0 Å². The molecule has 5 nitrogen and oxygen atoms in total. The van der Waals surface area contributed by atoms with Crippen LogP contribution in [-0.4, -0.2) is 47.0 Å². The minimum Gasteiger partial charge on any atom is -0.457 e. The Labute approximate surface area is 186 Å². The number of rotatable bonds is 10. The number of aliphatic hydroxyl groups is 1. The van der Waals surface area contributed by atoms with Gasteiger partial charge < -0.3 is 14.6 Å². The second kappa shape index (κ2) is 10.7. The normalized spacial score (nSPS) is 20.2. The minimum atomic E-state index is -5.03. The van der Waals surface area contributed by atoms with E-state index < -0.39 is 66.0 Å². The van der Waals surface area contributed by atoms with Gasteiger partial charge in [-0.1, -0.05) is 33.1 Å². The van der Waals surface area contributed by atoms with Crippen molar-refractivity contribution < 1.29 is 46.1 Å². The maximum absolute atomic E-state index is 14.9. The third kappa shape index (κ3) is 7.02. The van der Waals surface area contributed by atoms with Crippen LogP contribution in [0.1, 0.15) is 86.0 Å². The molecule has 0 spiro atoms. The van der Waals surface area contributed by atoms with Crippen LogP contribution in [-0.2, 0) is 19.1 Å². The number of hydrogen-bond acceptors (Lipinski definition) is 5. The average molecular weight is 475 g/mol. The van der Waals surface area contributed by atoms with Gasteiger partial charge >= 0.3 is 24.0 Å². The van der Waals surface area contributed by atoms with Gasteiger partial charge in [-0.25, -0.2) is 4.79 Å². The fourth-order valence-corrected chi connectivity index (χ4v) is 3.51. The summed E-state index contributed by atoms with van der Waals surface area (Å²) >= 11 is 0. The first kappa shape index (κ1) is 28.6. The Morgan fingerprint density at radius 2 is 1.47 bits per heavy atom. The molecule has 1 fully saturated rings. The lowest BCUT2D eigenvalue weighted by Gasteiger charge is -2.36. The van der Waals surface area contributed by atoms with Crippen molar-refractivity contribution in [3.8, 4) is 0 Å². The van der Waals surface area contributed by atoms with E-state index in [0.29, 0.717) is 39.0 Å². The zero-order chi connectivity index (χ0) is 25.0. The number of esters is 2. The summed E-state index contributed by atoms with van der Waals surface area (Å²) in [7, 11) is 0. The highest BCUT2D eigenvalue weighted by Gasteiger charge is 2.55. The largest absolute Gasteiger partial charge is 0.457 e. The van der Waals surface area contributed by atoms with E-state index >= 15 is 0 Å². The maximum Gasteiger partial charge on any atom is 0.417 e. The van der Waals surface area contributed by atoms with Gasteiger partial charge in [-0.05, 0) is 52.4 Å². The molecule has 0 aromatic carbocycles. The molecule has 0 bridgehead atoms. The second-order valence-electron chi connectivity index (χ2n) is 9.48. The minimum absolute atomic E-state index is 0.314. The van der Waals surface area contributed by atoms with E-state index in [1.54, 1.807) is 6.92 Å². The Bertz CT molecular complexity index is 639. The van der Waals surface area contributed by atoms with Gasteiger partial charge in [-0.3, -0.25) is 4.79 Å². The molecule has 3 atom stereocenters. The first-order valence-electron chi connectivity index (χ1n) is 11.1. The van der Waals surface area contributed by atoms with Crippen molar-refractivity contribution in [3.63, 3.8) is 0 Å². The van der Waals surface area contributed by atoms with Crippen molar-refractivity contribution in [2.24, 2.45) is 11.3 Å². The number of halogens is 5. The van der Waals surface area contributed by atoms with Crippen molar-refractivity contribution in [1.82, 2.24) is 0 Å². The molecule has 32 heavy (non-hydrogen) atoms. The first-order chi connectivity index (χ1) is 14.5. The van der Waals surface area contributed by atoms with E-state index in [9.17, 15) is 36.6 Å². The number of alkyl halides is 5. The fourth-order valence-electron chi connectivity index (χ4n) is 3.51. The Kier molecular flexibility index (Phi) is 9.52. The Morgan fingerprint density at radius 3 is 1.91 bits per heavy atom. The summed E-state index contributed by atoms with van der Waals surface area (Å²) in [5.41, 5.74) is -4.27. The molecule has 0 aromatic rings. The lowest BCUT2D eigenvalue weighted by atomic mass is 9.81. The lowest BCUT2D eigenvalue weighted by molar-refractivity contribution is -0.265. The Hall–Kier alpha value is -1.45. The van der Waals surface area contributed by atoms with Crippen LogP contribution in [0.25, 0.3) is 0 Å². The SMILES string of the molecule is CCC(OC(=O)C(C)(C)CC)C(F)(F)C(=O)OC(CC(C)(O)C(F)(F)F)C1CCCCC1. The maximum atomic E-state index is 14.9. The van der Waals surface area contributed by atoms with Crippen LogP contribution in [0.5, 0.6) is 0 Å². The van der Waals surface area contributed by atoms with E-state index in [2.05, 4.69) is 0 Å². The Balaban J connectivity index is 3.08. The molecule has 1 saturated carbocycles. The van der Waals surface area contributed by atoms with E-state index in [-0.39, 0.29) is 0 Å². The van der Waals surface area contributed by atoms with Crippen LogP contribution in [0.15, 0.2) is 0 Å². The van der Waals surface area contributed by atoms with Crippen LogP contribution in [0.4, 0.5) is 22.0 Å².